The van der Waals surface area contributed by atoms with E-state index >= 15 is 0 Å². The van der Waals surface area contributed by atoms with E-state index in [4.69, 9.17) is 4.55 Å². The van der Waals surface area contributed by atoms with E-state index in [1.807, 2.05) is 0 Å². The summed E-state index contributed by atoms with van der Waals surface area (Å²) in [6.45, 7) is -1.10. The van der Waals surface area contributed by atoms with Crippen molar-refractivity contribution in [3.05, 3.63) is 0 Å². The largest absolute Gasteiger partial charge is 0.438 e. The van der Waals surface area contributed by atoms with Crippen molar-refractivity contribution < 1.29 is 65.7 Å². The topological polar surface area (TPSA) is 54.4 Å². The maximum absolute atomic E-state index is 12.9. The van der Waals surface area contributed by atoms with Crippen LogP contribution in [0.3, 0.4) is 0 Å². The molecule has 3 nitrogen and oxygen atoms in total. The molecule has 0 unspecified atom stereocenters. The van der Waals surface area contributed by atoms with E-state index in [0.717, 1.165) is 0 Å². The molecule has 0 amide bonds. The summed E-state index contributed by atoms with van der Waals surface area (Å²) in [4.78, 5) is 0. The van der Waals surface area contributed by atoms with Gasteiger partial charge in [0.05, 0.1) is 0 Å². The molecule has 16 heteroatoms. The molecule has 0 aromatic rings. The molecule has 0 aliphatic carbocycles. The first-order valence-electron chi connectivity index (χ1n) is 4.74. The smallest absolute Gasteiger partial charge is 0.281 e. The van der Waals surface area contributed by atoms with Gasteiger partial charge in [0.25, 0.3) is 0 Å². The van der Waals surface area contributed by atoms with E-state index < -0.39 is 51.9 Å². The van der Waals surface area contributed by atoms with Crippen molar-refractivity contribution in [2.75, 3.05) is 0 Å². The summed E-state index contributed by atoms with van der Waals surface area (Å²) in [6.07, 6.45) is 0. The lowest BCUT2D eigenvalue weighted by Gasteiger charge is -2.39. The normalized spacial score (nSPS) is 16.6. The SMILES string of the molecule is CC(F)(F)C(F)(F)C(F)(F)C(F)(F)C(F)(F)C(F)(F)S(=O)(=O)O. The Morgan fingerprint density at radius 2 is 0.870 bits per heavy atom. The summed E-state index contributed by atoms with van der Waals surface area (Å²) in [7, 11) is -7.51. The monoisotopic (exact) mass is 396 g/mol. The minimum Gasteiger partial charge on any atom is -0.281 e. The van der Waals surface area contributed by atoms with Crippen molar-refractivity contribution in [3.63, 3.8) is 0 Å². The quantitative estimate of drug-likeness (QED) is 0.551. The lowest BCUT2D eigenvalue weighted by atomic mass is 9.95. The molecule has 0 aromatic carbocycles. The van der Waals surface area contributed by atoms with Gasteiger partial charge in [0.1, 0.15) is 0 Å². The van der Waals surface area contributed by atoms with Crippen molar-refractivity contribution in [3.8, 4) is 0 Å². The Bertz CT molecular complexity index is 560. The van der Waals surface area contributed by atoms with Gasteiger partial charge in [-0.15, -0.1) is 0 Å². The number of rotatable bonds is 6. The Morgan fingerprint density at radius 3 is 1.09 bits per heavy atom. The number of hydrogen-bond acceptors (Lipinski definition) is 2. The van der Waals surface area contributed by atoms with Crippen LogP contribution in [0, 0.1) is 0 Å². The van der Waals surface area contributed by atoms with E-state index in [-0.39, 0.29) is 0 Å². The van der Waals surface area contributed by atoms with Crippen molar-refractivity contribution >= 4 is 10.1 Å². The molecule has 0 fully saturated rings. The van der Waals surface area contributed by atoms with Crippen LogP contribution in [-0.4, -0.2) is 47.8 Å². The zero-order chi connectivity index (χ0) is 19.5. The highest BCUT2D eigenvalue weighted by Crippen LogP contribution is 2.60. The van der Waals surface area contributed by atoms with Gasteiger partial charge in [0.15, 0.2) is 0 Å². The third kappa shape index (κ3) is 2.72. The average Bonchev–Trinajstić information content (AvgIpc) is 2.24. The maximum atomic E-state index is 12.9. The second-order valence-electron chi connectivity index (χ2n) is 4.18. The molecule has 0 radical (unpaired) electrons. The lowest BCUT2D eigenvalue weighted by Crippen LogP contribution is -2.71. The summed E-state index contributed by atoms with van der Waals surface area (Å²) in [6, 6.07) is 0. The van der Waals surface area contributed by atoms with Gasteiger partial charge in [-0.2, -0.15) is 61.1 Å². The molecule has 0 aliphatic heterocycles. The maximum Gasteiger partial charge on any atom is 0.438 e. The van der Waals surface area contributed by atoms with E-state index in [0.29, 0.717) is 0 Å². The average molecular weight is 396 g/mol. The Hall–Kier alpha value is -0.930. The molecule has 0 atom stereocenters. The summed E-state index contributed by atoms with van der Waals surface area (Å²) in [5.41, 5.74) is 0. The van der Waals surface area contributed by atoms with Crippen molar-refractivity contribution in [2.24, 2.45) is 0 Å². The summed E-state index contributed by atoms with van der Waals surface area (Å²) >= 11 is 0. The minimum absolute atomic E-state index is 1.10. The Labute approximate surface area is 119 Å². The minimum atomic E-state index is -8.01. The zero-order valence-electron chi connectivity index (χ0n) is 10.2. The van der Waals surface area contributed by atoms with Gasteiger partial charge < -0.3 is 0 Å². The number of halogens is 12. The predicted molar refractivity (Wildman–Crippen MR) is 46.9 cm³/mol. The van der Waals surface area contributed by atoms with E-state index in [9.17, 15) is 61.1 Å². The van der Waals surface area contributed by atoms with Gasteiger partial charge in [-0.1, -0.05) is 0 Å². The van der Waals surface area contributed by atoms with Gasteiger partial charge in [-0.3, -0.25) is 4.55 Å². The summed E-state index contributed by atoms with van der Waals surface area (Å²) in [5, 5.41) is -7.40. The number of hydrogen-bond donors (Lipinski definition) is 1. The van der Waals surface area contributed by atoms with Crippen LogP contribution in [0.2, 0.25) is 0 Å². The van der Waals surface area contributed by atoms with Crippen LogP contribution in [0.4, 0.5) is 52.7 Å². The first-order chi connectivity index (χ1) is 9.50. The third-order valence-electron chi connectivity index (χ3n) is 2.42. The Kier molecular flexibility index (Phi) is 4.83. The van der Waals surface area contributed by atoms with Crippen LogP contribution < -0.4 is 0 Å². The molecule has 0 saturated heterocycles. The third-order valence-corrected chi connectivity index (χ3v) is 3.33. The highest BCUT2D eigenvalue weighted by Gasteiger charge is 2.91. The van der Waals surface area contributed by atoms with Gasteiger partial charge >= 0.3 is 45.0 Å². The van der Waals surface area contributed by atoms with Crippen LogP contribution in [0.1, 0.15) is 6.92 Å². The fourth-order valence-electron chi connectivity index (χ4n) is 1.01. The highest BCUT2D eigenvalue weighted by atomic mass is 32.2. The van der Waals surface area contributed by atoms with E-state index in [2.05, 4.69) is 0 Å². The van der Waals surface area contributed by atoms with Gasteiger partial charge in [0.2, 0.25) is 0 Å². The molecule has 140 valence electrons. The fourth-order valence-corrected chi connectivity index (χ4v) is 1.47. The predicted octanol–water partition coefficient (Wildman–Crippen LogP) is 3.66. The molecule has 0 saturated carbocycles. The standard InChI is InChI=1S/C7H4F12O3S/c1-2(8,9)3(10,11)4(12,13)5(14,15)6(16,17)7(18,19)23(20,21)22/h1H3,(H,20,21,22). The molecule has 0 rings (SSSR count). The van der Waals surface area contributed by atoms with Gasteiger partial charge in [0, 0.05) is 6.92 Å². The van der Waals surface area contributed by atoms with Crippen molar-refractivity contribution in [1.29, 1.82) is 0 Å². The van der Waals surface area contributed by atoms with Crippen LogP contribution in [0.15, 0.2) is 0 Å². The summed E-state index contributed by atoms with van der Waals surface area (Å²) < 4.78 is 180. The molecule has 0 bridgehead atoms. The summed E-state index contributed by atoms with van der Waals surface area (Å²) in [5.74, 6) is -37.1. The highest BCUT2D eigenvalue weighted by molar-refractivity contribution is 7.87. The lowest BCUT2D eigenvalue weighted by molar-refractivity contribution is -0.414. The van der Waals surface area contributed by atoms with Crippen LogP contribution in [0.5, 0.6) is 0 Å². The molecule has 0 heterocycles. The molecular formula is C7H4F12O3S. The second kappa shape index (κ2) is 5.03. The molecule has 0 aliphatic rings. The molecule has 0 aromatic heterocycles. The molecule has 0 spiro atoms. The molecular weight excluding hydrogens is 392 g/mol. The molecule has 23 heavy (non-hydrogen) atoms. The van der Waals surface area contributed by atoms with E-state index in [1.54, 1.807) is 0 Å². The first kappa shape index (κ1) is 22.1. The van der Waals surface area contributed by atoms with Crippen LogP contribution in [-0.2, 0) is 10.1 Å². The Balaban J connectivity index is 6.48. The van der Waals surface area contributed by atoms with Gasteiger partial charge in [-0.05, 0) is 0 Å². The second-order valence-corrected chi connectivity index (χ2v) is 5.64. The van der Waals surface area contributed by atoms with Gasteiger partial charge in [-0.25, -0.2) is 0 Å². The van der Waals surface area contributed by atoms with Crippen molar-refractivity contribution in [1.82, 2.24) is 0 Å². The van der Waals surface area contributed by atoms with E-state index in [1.165, 1.54) is 0 Å². The fraction of sp³-hybridized carbons (Fsp3) is 1.00. The number of alkyl halides is 12. The van der Waals surface area contributed by atoms with Crippen LogP contribution >= 0.6 is 0 Å². The molecule has 1 N–H and O–H groups in total. The van der Waals surface area contributed by atoms with Crippen LogP contribution in [0.25, 0.3) is 0 Å². The zero-order valence-corrected chi connectivity index (χ0v) is 11.0. The Morgan fingerprint density at radius 1 is 0.609 bits per heavy atom. The first-order valence-corrected chi connectivity index (χ1v) is 6.18. The van der Waals surface area contributed by atoms with Crippen molar-refractivity contribution in [2.45, 2.75) is 41.8 Å².